The molecule has 2 N–H and O–H groups in total. The Morgan fingerprint density at radius 1 is 1.33 bits per heavy atom. The van der Waals surface area contributed by atoms with Crippen LogP contribution in [-0.4, -0.2) is 78.0 Å². The molecule has 0 aliphatic carbocycles. The minimum absolute atomic E-state index is 0.0559. The SMILES string of the molecule is CSCC(NC(=O)C1CCN(C(=O)N(C)C)CC1)C(=O)O. The molecule has 0 aromatic rings. The Bertz CT molecular complexity index is 395. The molecule has 1 aliphatic heterocycles. The van der Waals surface area contributed by atoms with Gasteiger partial charge in [-0.05, 0) is 19.1 Å². The highest BCUT2D eigenvalue weighted by Gasteiger charge is 2.30. The molecule has 0 spiro atoms. The number of nitrogens with zero attached hydrogens (tertiary/aromatic N) is 2. The number of urea groups is 1. The zero-order chi connectivity index (χ0) is 16.0. The zero-order valence-corrected chi connectivity index (χ0v) is 13.5. The lowest BCUT2D eigenvalue weighted by molar-refractivity contribution is -0.142. The molecule has 0 radical (unpaired) electrons. The summed E-state index contributed by atoms with van der Waals surface area (Å²) in [5, 5.41) is 11.6. The molecule has 8 heteroatoms. The third kappa shape index (κ3) is 5.11. The summed E-state index contributed by atoms with van der Waals surface area (Å²) in [7, 11) is 3.39. The molecule has 21 heavy (non-hydrogen) atoms. The van der Waals surface area contributed by atoms with Gasteiger partial charge in [-0.2, -0.15) is 11.8 Å². The summed E-state index contributed by atoms with van der Waals surface area (Å²) in [6.07, 6.45) is 2.93. The Balaban J connectivity index is 2.48. The summed E-state index contributed by atoms with van der Waals surface area (Å²) in [6, 6.07) is -0.909. The topological polar surface area (TPSA) is 90.0 Å². The number of amides is 3. The minimum atomic E-state index is -1.02. The van der Waals surface area contributed by atoms with Gasteiger partial charge in [-0.3, -0.25) is 4.79 Å². The van der Waals surface area contributed by atoms with Crippen molar-refractivity contribution in [3.63, 3.8) is 0 Å². The summed E-state index contributed by atoms with van der Waals surface area (Å²) < 4.78 is 0. The normalized spacial score (nSPS) is 17.2. The Kier molecular flexibility index (Phi) is 6.80. The van der Waals surface area contributed by atoms with Crippen molar-refractivity contribution in [2.45, 2.75) is 18.9 Å². The predicted molar refractivity (Wildman–Crippen MR) is 81.3 cm³/mol. The summed E-state index contributed by atoms with van der Waals surface area (Å²) in [6.45, 7) is 1.05. The molecule has 0 aromatic heterocycles. The molecule has 1 heterocycles. The fourth-order valence-electron chi connectivity index (χ4n) is 2.25. The predicted octanol–water partition coefficient (Wildman–Crippen LogP) is 0.312. The van der Waals surface area contributed by atoms with Crippen LogP contribution in [0.3, 0.4) is 0 Å². The lowest BCUT2D eigenvalue weighted by Crippen LogP contribution is -2.49. The van der Waals surface area contributed by atoms with Crippen LogP contribution >= 0.6 is 11.8 Å². The van der Waals surface area contributed by atoms with Crippen LogP contribution in [0.4, 0.5) is 4.79 Å². The lowest BCUT2D eigenvalue weighted by atomic mass is 9.96. The highest BCUT2D eigenvalue weighted by atomic mass is 32.2. The maximum atomic E-state index is 12.1. The van der Waals surface area contributed by atoms with E-state index in [1.807, 2.05) is 0 Å². The fraction of sp³-hybridized carbons (Fsp3) is 0.769. The average Bonchev–Trinajstić information content (AvgIpc) is 2.45. The molecule has 1 aliphatic rings. The number of nitrogens with one attached hydrogen (secondary N) is 1. The summed E-state index contributed by atoms with van der Waals surface area (Å²) in [4.78, 5) is 38.2. The number of hydrogen-bond donors (Lipinski definition) is 2. The van der Waals surface area contributed by atoms with Gasteiger partial charge in [0.25, 0.3) is 0 Å². The van der Waals surface area contributed by atoms with Crippen molar-refractivity contribution < 1.29 is 19.5 Å². The first-order chi connectivity index (χ1) is 9.86. The van der Waals surface area contributed by atoms with Crippen LogP contribution in [0, 0.1) is 5.92 Å². The van der Waals surface area contributed by atoms with Crippen molar-refractivity contribution in [3.8, 4) is 0 Å². The van der Waals surface area contributed by atoms with E-state index in [-0.39, 0.29) is 17.9 Å². The highest BCUT2D eigenvalue weighted by molar-refractivity contribution is 7.98. The van der Waals surface area contributed by atoms with Crippen molar-refractivity contribution >= 4 is 29.7 Å². The lowest BCUT2D eigenvalue weighted by Gasteiger charge is -2.33. The van der Waals surface area contributed by atoms with Crippen LogP contribution in [0.15, 0.2) is 0 Å². The van der Waals surface area contributed by atoms with Gasteiger partial charge in [0.1, 0.15) is 6.04 Å². The summed E-state index contributed by atoms with van der Waals surface area (Å²) in [5.74, 6) is -1.12. The summed E-state index contributed by atoms with van der Waals surface area (Å²) in [5.41, 5.74) is 0. The van der Waals surface area contributed by atoms with Crippen molar-refractivity contribution in [2.24, 2.45) is 5.92 Å². The molecule has 1 rings (SSSR count). The summed E-state index contributed by atoms with van der Waals surface area (Å²) >= 11 is 1.38. The molecule has 0 aromatic carbocycles. The number of piperidine rings is 1. The van der Waals surface area contributed by atoms with E-state index < -0.39 is 12.0 Å². The minimum Gasteiger partial charge on any atom is -0.480 e. The van der Waals surface area contributed by atoms with Crippen LogP contribution in [0.2, 0.25) is 0 Å². The van der Waals surface area contributed by atoms with E-state index in [1.54, 1.807) is 25.3 Å². The van der Waals surface area contributed by atoms with E-state index in [2.05, 4.69) is 5.32 Å². The Labute approximate surface area is 129 Å². The maximum Gasteiger partial charge on any atom is 0.327 e. The largest absolute Gasteiger partial charge is 0.480 e. The number of carboxylic acids is 1. The number of aliphatic carboxylic acids is 1. The van der Waals surface area contributed by atoms with E-state index in [0.29, 0.717) is 31.7 Å². The van der Waals surface area contributed by atoms with Crippen LogP contribution in [0.1, 0.15) is 12.8 Å². The fourth-order valence-corrected chi connectivity index (χ4v) is 2.81. The molecule has 7 nitrogen and oxygen atoms in total. The first-order valence-corrected chi connectivity index (χ1v) is 8.24. The maximum absolute atomic E-state index is 12.1. The molecule has 1 fully saturated rings. The second-order valence-electron chi connectivity index (χ2n) is 5.29. The van der Waals surface area contributed by atoms with E-state index in [9.17, 15) is 14.4 Å². The van der Waals surface area contributed by atoms with Gasteiger partial charge in [-0.15, -0.1) is 0 Å². The number of carbonyl (C=O) groups excluding carboxylic acids is 2. The average molecular weight is 317 g/mol. The van der Waals surface area contributed by atoms with Gasteiger partial charge in [-0.1, -0.05) is 0 Å². The first kappa shape index (κ1) is 17.6. The second kappa shape index (κ2) is 8.11. The van der Waals surface area contributed by atoms with Crippen LogP contribution in [-0.2, 0) is 9.59 Å². The monoisotopic (exact) mass is 317 g/mol. The molecular formula is C13H23N3O4S. The second-order valence-corrected chi connectivity index (χ2v) is 6.20. The van der Waals surface area contributed by atoms with Gasteiger partial charge in [0.15, 0.2) is 0 Å². The molecule has 120 valence electrons. The molecule has 0 bridgehead atoms. The number of rotatable bonds is 5. The van der Waals surface area contributed by atoms with Gasteiger partial charge >= 0.3 is 12.0 Å². The Morgan fingerprint density at radius 3 is 2.33 bits per heavy atom. The molecule has 0 saturated carbocycles. The Hall–Kier alpha value is -1.44. The molecule has 1 atom stereocenters. The highest BCUT2D eigenvalue weighted by Crippen LogP contribution is 2.18. The molecular weight excluding hydrogens is 294 g/mol. The number of carbonyl (C=O) groups is 3. The Morgan fingerprint density at radius 2 is 1.90 bits per heavy atom. The van der Waals surface area contributed by atoms with Crippen molar-refractivity contribution in [3.05, 3.63) is 0 Å². The van der Waals surface area contributed by atoms with E-state index >= 15 is 0 Å². The van der Waals surface area contributed by atoms with E-state index in [1.165, 1.54) is 16.7 Å². The van der Waals surface area contributed by atoms with Gasteiger partial charge in [-0.25, -0.2) is 9.59 Å². The van der Waals surface area contributed by atoms with Crippen molar-refractivity contribution in [1.82, 2.24) is 15.1 Å². The standard InChI is InChI=1S/C13H23N3O4S/c1-15(2)13(20)16-6-4-9(5-7-16)11(17)14-10(8-21-3)12(18)19/h9-10H,4-8H2,1-3H3,(H,14,17)(H,18,19). The van der Waals surface area contributed by atoms with Crippen LogP contribution < -0.4 is 5.32 Å². The third-order valence-electron chi connectivity index (χ3n) is 3.47. The molecule has 3 amide bonds. The zero-order valence-electron chi connectivity index (χ0n) is 12.7. The van der Waals surface area contributed by atoms with Gasteiger partial charge in [0.05, 0.1) is 0 Å². The third-order valence-corrected chi connectivity index (χ3v) is 4.13. The molecule has 1 saturated heterocycles. The van der Waals surface area contributed by atoms with Crippen molar-refractivity contribution in [1.29, 1.82) is 0 Å². The van der Waals surface area contributed by atoms with Gasteiger partial charge in [0, 0.05) is 38.9 Å². The van der Waals surface area contributed by atoms with Gasteiger partial charge < -0.3 is 20.2 Å². The van der Waals surface area contributed by atoms with E-state index in [0.717, 1.165) is 0 Å². The van der Waals surface area contributed by atoms with Gasteiger partial charge in [0.2, 0.25) is 5.91 Å². The number of carboxylic acid groups (broad SMARTS) is 1. The van der Waals surface area contributed by atoms with Crippen LogP contribution in [0.25, 0.3) is 0 Å². The van der Waals surface area contributed by atoms with Crippen LogP contribution in [0.5, 0.6) is 0 Å². The number of thioether (sulfide) groups is 1. The smallest absolute Gasteiger partial charge is 0.327 e. The molecule has 1 unspecified atom stereocenters. The van der Waals surface area contributed by atoms with Crippen molar-refractivity contribution in [2.75, 3.05) is 39.2 Å². The number of hydrogen-bond acceptors (Lipinski definition) is 4. The number of likely N-dealkylation sites (tertiary alicyclic amines) is 1. The quantitative estimate of drug-likeness (QED) is 0.762. The first-order valence-electron chi connectivity index (χ1n) is 6.85. The van der Waals surface area contributed by atoms with E-state index in [4.69, 9.17) is 5.11 Å².